The first kappa shape index (κ1) is 13.2. The van der Waals surface area contributed by atoms with Crippen LogP contribution in [-0.2, 0) is 4.79 Å². The molecule has 1 aliphatic rings. The third kappa shape index (κ3) is 2.74. The van der Waals surface area contributed by atoms with Gasteiger partial charge in [-0.05, 0) is 42.0 Å². The number of phenols is 1. The summed E-state index contributed by atoms with van der Waals surface area (Å²) in [4.78, 5) is 10.9. The molecule has 4 heteroatoms. The molecule has 106 valence electrons. The van der Waals surface area contributed by atoms with E-state index in [1.165, 1.54) is 6.92 Å². The van der Waals surface area contributed by atoms with Crippen LogP contribution in [0.15, 0.2) is 48.5 Å². The summed E-state index contributed by atoms with van der Waals surface area (Å²) in [5, 5.41) is 9.75. The number of hydrogen-bond donors (Lipinski definition) is 1. The molecule has 0 saturated heterocycles. The molecule has 0 fully saturated rings. The van der Waals surface area contributed by atoms with Gasteiger partial charge >= 0.3 is 5.97 Å². The van der Waals surface area contributed by atoms with Crippen molar-refractivity contribution in [2.24, 2.45) is 0 Å². The van der Waals surface area contributed by atoms with Gasteiger partial charge in [0.2, 0.25) is 0 Å². The fourth-order valence-corrected chi connectivity index (χ4v) is 2.23. The van der Waals surface area contributed by atoms with Crippen molar-refractivity contribution in [2.75, 3.05) is 0 Å². The fourth-order valence-electron chi connectivity index (χ4n) is 2.23. The molecule has 3 rings (SSSR count). The summed E-state index contributed by atoms with van der Waals surface area (Å²) in [5.41, 5.74) is 1.63. The Balaban J connectivity index is 1.82. The highest BCUT2D eigenvalue weighted by Gasteiger charge is 2.18. The van der Waals surface area contributed by atoms with Crippen molar-refractivity contribution in [3.05, 3.63) is 59.7 Å². The predicted molar refractivity (Wildman–Crippen MR) is 78.3 cm³/mol. The van der Waals surface area contributed by atoms with Crippen molar-refractivity contribution in [1.82, 2.24) is 0 Å². The highest BCUT2D eigenvalue weighted by atomic mass is 16.5. The molecule has 1 atom stereocenters. The third-order valence-corrected chi connectivity index (χ3v) is 3.20. The van der Waals surface area contributed by atoms with Gasteiger partial charge < -0.3 is 14.6 Å². The fraction of sp³-hybridized carbons (Fsp3) is 0.118. The summed E-state index contributed by atoms with van der Waals surface area (Å²) in [6, 6.07) is 12.3. The molecule has 21 heavy (non-hydrogen) atoms. The molecule has 0 spiro atoms. The van der Waals surface area contributed by atoms with Crippen LogP contribution in [0.25, 0.3) is 6.08 Å². The number of rotatable bonds is 2. The predicted octanol–water partition coefficient (Wildman–Crippen LogP) is 3.46. The molecule has 0 amide bonds. The number of phenolic OH excluding ortho intramolecular Hbond substituents is 1. The largest absolute Gasteiger partial charge is 0.507 e. The number of esters is 1. The number of fused-ring (bicyclic) bond motifs is 1. The zero-order chi connectivity index (χ0) is 14.8. The molecule has 2 aromatic carbocycles. The van der Waals surface area contributed by atoms with E-state index < -0.39 is 0 Å². The van der Waals surface area contributed by atoms with E-state index in [1.807, 2.05) is 30.4 Å². The number of aromatic hydroxyl groups is 1. The lowest BCUT2D eigenvalue weighted by Gasteiger charge is -2.22. The van der Waals surface area contributed by atoms with Crippen molar-refractivity contribution in [3.63, 3.8) is 0 Å². The molecule has 1 heterocycles. The van der Waals surface area contributed by atoms with E-state index in [1.54, 1.807) is 24.3 Å². The Hall–Kier alpha value is -2.75. The summed E-state index contributed by atoms with van der Waals surface area (Å²) in [6.45, 7) is 1.37. The molecular formula is C17H14O4. The Morgan fingerprint density at radius 3 is 2.67 bits per heavy atom. The van der Waals surface area contributed by atoms with Gasteiger partial charge in [0.05, 0.1) is 5.56 Å². The van der Waals surface area contributed by atoms with Gasteiger partial charge in [-0.2, -0.15) is 0 Å². The summed E-state index contributed by atoms with van der Waals surface area (Å²) in [6.07, 6.45) is 3.49. The van der Waals surface area contributed by atoms with E-state index in [0.29, 0.717) is 17.1 Å². The van der Waals surface area contributed by atoms with Crippen LogP contribution in [0.5, 0.6) is 17.2 Å². The molecule has 2 aromatic rings. The van der Waals surface area contributed by atoms with Crippen LogP contribution in [0.3, 0.4) is 0 Å². The summed E-state index contributed by atoms with van der Waals surface area (Å²) in [5.74, 6) is 1.00. The molecular weight excluding hydrogens is 268 g/mol. The molecule has 1 N–H and O–H groups in total. The molecule has 0 bridgehead atoms. The average Bonchev–Trinajstić information content (AvgIpc) is 2.47. The SMILES string of the molecule is CC(=O)Oc1ccc(C2C=Cc3c(O)cccc3O2)cc1. The molecule has 1 aliphatic heterocycles. The second kappa shape index (κ2) is 5.32. The molecule has 0 aromatic heterocycles. The first-order chi connectivity index (χ1) is 10.1. The maximum absolute atomic E-state index is 10.9. The van der Waals surface area contributed by atoms with Crippen molar-refractivity contribution >= 4 is 12.0 Å². The first-order valence-electron chi connectivity index (χ1n) is 6.59. The lowest BCUT2D eigenvalue weighted by molar-refractivity contribution is -0.131. The first-order valence-corrected chi connectivity index (χ1v) is 6.59. The van der Waals surface area contributed by atoms with Crippen molar-refractivity contribution in [3.8, 4) is 17.2 Å². The highest BCUT2D eigenvalue weighted by molar-refractivity contribution is 5.69. The Kier molecular flexibility index (Phi) is 3.36. The van der Waals surface area contributed by atoms with Crippen LogP contribution in [0.1, 0.15) is 24.2 Å². The van der Waals surface area contributed by atoms with Crippen LogP contribution >= 0.6 is 0 Å². The Morgan fingerprint density at radius 1 is 1.19 bits per heavy atom. The van der Waals surface area contributed by atoms with Crippen LogP contribution in [0, 0.1) is 0 Å². The van der Waals surface area contributed by atoms with E-state index in [4.69, 9.17) is 9.47 Å². The van der Waals surface area contributed by atoms with Gasteiger partial charge in [0.1, 0.15) is 23.4 Å². The lowest BCUT2D eigenvalue weighted by Crippen LogP contribution is -2.09. The summed E-state index contributed by atoms with van der Waals surface area (Å²) < 4.78 is 10.9. The van der Waals surface area contributed by atoms with Crippen LogP contribution in [-0.4, -0.2) is 11.1 Å². The number of hydrogen-bond acceptors (Lipinski definition) is 4. The van der Waals surface area contributed by atoms with Gasteiger partial charge in [-0.1, -0.05) is 18.2 Å². The van der Waals surface area contributed by atoms with E-state index in [2.05, 4.69) is 0 Å². The number of carbonyl (C=O) groups is 1. The normalized spacial score (nSPS) is 16.0. The second-order valence-electron chi connectivity index (χ2n) is 4.75. The van der Waals surface area contributed by atoms with Crippen molar-refractivity contribution < 1.29 is 19.4 Å². The van der Waals surface area contributed by atoms with Gasteiger partial charge in [-0.25, -0.2) is 0 Å². The van der Waals surface area contributed by atoms with Crippen LogP contribution in [0.4, 0.5) is 0 Å². The molecule has 0 aliphatic carbocycles. The number of ether oxygens (including phenoxy) is 2. The summed E-state index contributed by atoms with van der Waals surface area (Å²) >= 11 is 0. The van der Waals surface area contributed by atoms with Crippen molar-refractivity contribution in [2.45, 2.75) is 13.0 Å². The zero-order valence-electron chi connectivity index (χ0n) is 11.4. The smallest absolute Gasteiger partial charge is 0.308 e. The highest BCUT2D eigenvalue weighted by Crippen LogP contribution is 2.37. The van der Waals surface area contributed by atoms with Gasteiger partial charge in [0.25, 0.3) is 0 Å². The maximum Gasteiger partial charge on any atom is 0.308 e. The van der Waals surface area contributed by atoms with Gasteiger partial charge in [-0.15, -0.1) is 0 Å². The topological polar surface area (TPSA) is 55.8 Å². The average molecular weight is 282 g/mol. The quantitative estimate of drug-likeness (QED) is 0.677. The lowest BCUT2D eigenvalue weighted by atomic mass is 10.0. The van der Waals surface area contributed by atoms with E-state index in [9.17, 15) is 9.90 Å². The van der Waals surface area contributed by atoms with Gasteiger partial charge in [0.15, 0.2) is 0 Å². The second-order valence-corrected chi connectivity index (χ2v) is 4.75. The molecule has 1 unspecified atom stereocenters. The standard InChI is InChI=1S/C17H14O4/c1-11(18)20-13-7-5-12(6-8-13)16-10-9-14-15(19)3-2-4-17(14)21-16/h2-10,16,19H,1H3. The minimum absolute atomic E-state index is 0.201. The minimum atomic E-state index is -0.346. The van der Waals surface area contributed by atoms with Gasteiger partial charge in [-0.3, -0.25) is 4.79 Å². The van der Waals surface area contributed by atoms with Crippen LogP contribution < -0.4 is 9.47 Å². The maximum atomic E-state index is 10.9. The van der Waals surface area contributed by atoms with E-state index in [-0.39, 0.29) is 17.8 Å². The summed E-state index contributed by atoms with van der Waals surface area (Å²) in [7, 11) is 0. The Morgan fingerprint density at radius 2 is 1.95 bits per heavy atom. The minimum Gasteiger partial charge on any atom is -0.507 e. The zero-order valence-corrected chi connectivity index (χ0v) is 11.4. The number of benzene rings is 2. The third-order valence-electron chi connectivity index (χ3n) is 3.20. The van der Waals surface area contributed by atoms with Crippen LogP contribution in [0.2, 0.25) is 0 Å². The molecule has 0 saturated carbocycles. The Bertz CT molecular complexity index is 701. The number of carbonyl (C=O) groups excluding carboxylic acids is 1. The van der Waals surface area contributed by atoms with E-state index in [0.717, 1.165) is 5.56 Å². The Labute approximate surface area is 122 Å². The monoisotopic (exact) mass is 282 g/mol. The van der Waals surface area contributed by atoms with E-state index >= 15 is 0 Å². The van der Waals surface area contributed by atoms with Gasteiger partial charge in [0, 0.05) is 6.92 Å². The van der Waals surface area contributed by atoms with Crippen molar-refractivity contribution in [1.29, 1.82) is 0 Å². The molecule has 4 nitrogen and oxygen atoms in total. The molecule has 0 radical (unpaired) electrons.